The van der Waals surface area contributed by atoms with Crippen LogP contribution >= 0.6 is 11.8 Å². The van der Waals surface area contributed by atoms with Crippen LogP contribution in [0, 0.1) is 16.0 Å². The first-order chi connectivity index (χ1) is 9.52. The van der Waals surface area contributed by atoms with Crippen molar-refractivity contribution in [1.82, 2.24) is 4.90 Å². The van der Waals surface area contributed by atoms with E-state index in [1.165, 1.54) is 17.8 Å². The Hall–Kier alpha value is -1.56. The van der Waals surface area contributed by atoms with Crippen molar-refractivity contribution in [2.75, 3.05) is 19.3 Å². The molecule has 20 heavy (non-hydrogen) atoms. The summed E-state index contributed by atoms with van der Waals surface area (Å²) in [5.41, 5.74) is 0.414. The molecule has 1 saturated heterocycles. The molecule has 1 heterocycles. The molecule has 0 bridgehead atoms. The smallest absolute Gasteiger partial charge is 0.283 e. The van der Waals surface area contributed by atoms with Crippen molar-refractivity contribution in [2.45, 2.75) is 24.7 Å². The van der Waals surface area contributed by atoms with E-state index >= 15 is 0 Å². The molecular weight excluding hydrogens is 276 g/mol. The first-order valence-electron chi connectivity index (χ1n) is 6.64. The van der Waals surface area contributed by atoms with Crippen molar-refractivity contribution in [3.63, 3.8) is 0 Å². The highest BCUT2D eigenvalue weighted by molar-refractivity contribution is 7.98. The van der Waals surface area contributed by atoms with Crippen LogP contribution in [0.4, 0.5) is 5.69 Å². The largest absolute Gasteiger partial charge is 0.338 e. The fourth-order valence-electron chi connectivity index (χ4n) is 2.52. The molecule has 5 nitrogen and oxygen atoms in total. The van der Waals surface area contributed by atoms with E-state index in [2.05, 4.69) is 6.92 Å². The Morgan fingerprint density at radius 2 is 2.25 bits per heavy atom. The first kappa shape index (κ1) is 14.8. The average Bonchev–Trinajstić information content (AvgIpc) is 2.45. The molecule has 108 valence electrons. The number of nitrogens with zero attached hydrogens (tertiary/aromatic N) is 2. The van der Waals surface area contributed by atoms with Gasteiger partial charge in [0, 0.05) is 24.7 Å². The average molecular weight is 294 g/mol. The molecule has 1 aromatic rings. The Balaban J connectivity index is 2.26. The van der Waals surface area contributed by atoms with Crippen molar-refractivity contribution < 1.29 is 9.72 Å². The summed E-state index contributed by atoms with van der Waals surface area (Å²) >= 11 is 1.31. The van der Waals surface area contributed by atoms with E-state index < -0.39 is 4.92 Å². The standard InChI is InChI=1S/C14H18N2O3S/c1-10-4-3-7-15(9-10)14(17)11-5-6-13(20-2)12(8-11)16(18)19/h5-6,8,10H,3-4,7,9H2,1-2H3. The lowest BCUT2D eigenvalue weighted by atomic mass is 9.99. The number of rotatable bonds is 3. The molecule has 0 aromatic heterocycles. The van der Waals surface area contributed by atoms with Gasteiger partial charge in [-0.3, -0.25) is 14.9 Å². The summed E-state index contributed by atoms with van der Waals surface area (Å²) < 4.78 is 0. The molecule has 1 unspecified atom stereocenters. The van der Waals surface area contributed by atoms with Crippen molar-refractivity contribution in [3.8, 4) is 0 Å². The number of amides is 1. The molecule has 0 radical (unpaired) electrons. The molecule has 6 heteroatoms. The predicted octanol–water partition coefficient (Wildman–Crippen LogP) is 3.19. The van der Waals surface area contributed by atoms with Crippen LogP contribution in [0.5, 0.6) is 0 Å². The van der Waals surface area contributed by atoms with Crippen LogP contribution in [0.3, 0.4) is 0 Å². The molecule has 1 amide bonds. The van der Waals surface area contributed by atoms with Gasteiger partial charge in [-0.25, -0.2) is 0 Å². The second kappa shape index (κ2) is 6.26. The number of carbonyl (C=O) groups excluding carboxylic acids is 1. The minimum Gasteiger partial charge on any atom is -0.338 e. The Morgan fingerprint density at radius 3 is 2.85 bits per heavy atom. The molecule has 0 spiro atoms. The van der Waals surface area contributed by atoms with Gasteiger partial charge >= 0.3 is 0 Å². The van der Waals surface area contributed by atoms with Gasteiger partial charge in [0.15, 0.2) is 0 Å². The van der Waals surface area contributed by atoms with Crippen molar-refractivity contribution in [3.05, 3.63) is 33.9 Å². The number of carbonyl (C=O) groups is 1. The van der Waals surface area contributed by atoms with E-state index in [9.17, 15) is 14.9 Å². The summed E-state index contributed by atoms with van der Waals surface area (Å²) in [6.07, 6.45) is 3.92. The zero-order valence-corrected chi connectivity index (χ0v) is 12.5. The molecule has 2 rings (SSSR count). The highest BCUT2D eigenvalue weighted by Crippen LogP contribution is 2.29. The molecule has 1 aliphatic heterocycles. The third-order valence-electron chi connectivity index (χ3n) is 3.57. The van der Waals surface area contributed by atoms with Gasteiger partial charge in [-0.2, -0.15) is 0 Å². The van der Waals surface area contributed by atoms with E-state index in [1.54, 1.807) is 23.3 Å². The Bertz CT molecular complexity index is 533. The van der Waals surface area contributed by atoms with E-state index in [0.717, 1.165) is 25.9 Å². The van der Waals surface area contributed by atoms with Crippen LogP contribution in [0.2, 0.25) is 0 Å². The molecular formula is C14H18N2O3S. The minimum absolute atomic E-state index is 0.00779. The van der Waals surface area contributed by atoms with Crippen LogP contribution in [0.15, 0.2) is 23.1 Å². The maximum atomic E-state index is 12.4. The number of nitro benzene ring substituents is 1. The third-order valence-corrected chi connectivity index (χ3v) is 4.35. The maximum Gasteiger partial charge on any atom is 0.283 e. The second-order valence-electron chi connectivity index (χ2n) is 5.14. The van der Waals surface area contributed by atoms with Gasteiger partial charge in [-0.1, -0.05) is 6.92 Å². The van der Waals surface area contributed by atoms with Gasteiger partial charge in [-0.15, -0.1) is 11.8 Å². The lowest BCUT2D eigenvalue weighted by Crippen LogP contribution is -2.39. The zero-order valence-electron chi connectivity index (χ0n) is 11.7. The van der Waals surface area contributed by atoms with Gasteiger partial charge in [0.25, 0.3) is 11.6 Å². The van der Waals surface area contributed by atoms with E-state index in [1.807, 2.05) is 0 Å². The van der Waals surface area contributed by atoms with Gasteiger partial charge in [-0.05, 0) is 37.1 Å². The minimum atomic E-state index is -0.429. The van der Waals surface area contributed by atoms with Crippen molar-refractivity contribution in [2.24, 2.45) is 5.92 Å². The fourth-order valence-corrected chi connectivity index (χ4v) is 3.07. The molecule has 1 fully saturated rings. The molecule has 0 aliphatic carbocycles. The third kappa shape index (κ3) is 3.12. The zero-order chi connectivity index (χ0) is 14.7. The lowest BCUT2D eigenvalue weighted by Gasteiger charge is -2.31. The summed E-state index contributed by atoms with van der Waals surface area (Å²) in [5.74, 6) is 0.389. The molecule has 1 atom stereocenters. The highest BCUT2D eigenvalue weighted by atomic mass is 32.2. The number of hydrogen-bond donors (Lipinski definition) is 0. The van der Waals surface area contributed by atoms with Crippen LogP contribution in [-0.2, 0) is 0 Å². The first-order valence-corrected chi connectivity index (χ1v) is 7.87. The summed E-state index contributed by atoms with van der Waals surface area (Å²) in [7, 11) is 0. The quantitative estimate of drug-likeness (QED) is 0.488. The number of benzene rings is 1. The van der Waals surface area contributed by atoms with Crippen LogP contribution in [0.25, 0.3) is 0 Å². The highest BCUT2D eigenvalue weighted by Gasteiger charge is 2.24. The number of nitro groups is 1. The molecule has 1 aliphatic rings. The summed E-state index contributed by atoms with van der Waals surface area (Å²) in [4.78, 5) is 25.4. The normalized spacial score (nSPS) is 18.9. The van der Waals surface area contributed by atoms with E-state index in [0.29, 0.717) is 16.4 Å². The molecule has 0 saturated carbocycles. The van der Waals surface area contributed by atoms with Gasteiger partial charge in [0.2, 0.25) is 0 Å². The SMILES string of the molecule is CSc1ccc(C(=O)N2CCCC(C)C2)cc1[N+](=O)[O-]. The number of piperidine rings is 1. The van der Waals surface area contributed by atoms with Crippen LogP contribution < -0.4 is 0 Å². The summed E-state index contributed by atoms with van der Waals surface area (Å²) in [6, 6.07) is 4.73. The van der Waals surface area contributed by atoms with Crippen molar-refractivity contribution >= 4 is 23.4 Å². The fraction of sp³-hybridized carbons (Fsp3) is 0.500. The second-order valence-corrected chi connectivity index (χ2v) is 5.99. The Morgan fingerprint density at radius 1 is 1.50 bits per heavy atom. The number of hydrogen-bond acceptors (Lipinski definition) is 4. The van der Waals surface area contributed by atoms with Gasteiger partial charge in [0.05, 0.1) is 9.82 Å². The lowest BCUT2D eigenvalue weighted by molar-refractivity contribution is -0.387. The number of likely N-dealkylation sites (tertiary alicyclic amines) is 1. The van der Waals surface area contributed by atoms with E-state index in [-0.39, 0.29) is 11.6 Å². The number of thioether (sulfide) groups is 1. The van der Waals surface area contributed by atoms with Gasteiger partial charge in [0.1, 0.15) is 0 Å². The van der Waals surface area contributed by atoms with Crippen molar-refractivity contribution in [1.29, 1.82) is 0 Å². The summed E-state index contributed by atoms with van der Waals surface area (Å²) in [5, 5.41) is 11.1. The van der Waals surface area contributed by atoms with E-state index in [4.69, 9.17) is 0 Å². The summed E-state index contributed by atoms with van der Waals surface area (Å²) in [6.45, 7) is 3.59. The van der Waals surface area contributed by atoms with Gasteiger partial charge < -0.3 is 4.90 Å². The molecule has 0 N–H and O–H groups in total. The Labute approximate surface area is 122 Å². The Kier molecular flexibility index (Phi) is 4.65. The topological polar surface area (TPSA) is 63.5 Å². The molecule has 1 aromatic carbocycles. The van der Waals surface area contributed by atoms with Crippen LogP contribution in [-0.4, -0.2) is 35.1 Å². The predicted molar refractivity (Wildman–Crippen MR) is 79.2 cm³/mol. The monoisotopic (exact) mass is 294 g/mol. The van der Waals surface area contributed by atoms with Crippen LogP contribution in [0.1, 0.15) is 30.1 Å². The maximum absolute atomic E-state index is 12.4.